The molecule has 0 aliphatic carbocycles. The van der Waals surface area contributed by atoms with Crippen molar-refractivity contribution >= 4 is 34.1 Å². The number of likely N-dealkylation sites (tertiary alicyclic amines) is 1. The SMILES string of the molecule is COCCN1CCN(c2ccc(-c3nc4c(NC5CCN(C)CC5)c(Cl)cnc4[nH]3)cc2OC)CC1. The van der Waals surface area contributed by atoms with E-state index in [0.717, 1.165) is 105 Å². The first kappa shape index (κ1) is 25.1. The maximum absolute atomic E-state index is 6.57. The summed E-state index contributed by atoms with van der Waals surface area (Å²) in [6.45, 7) is 7.82. The van der Waals surface area contributed by atoms with Crippen LogP contribution in [0.1, 0.15) is 12.8 Å². The van der Waals surface area contributed by atoms with Crippen LogP contribution in [0.4, 0.5) is 11.4 Å². The molecule has 0 unspecified atom stereocenters. The van der Waals surface area contributed by atoms with Gasteiger partial charge in [-0.25, -0.2) is 9.97 Å². The summed E-state index contributed by atoms with van der Waals surface area (Å²) < 4.78 is 11.0. The number of pyridine rings is 1. The fraction of sp³-hybridized carbons (Fsp3) is 0.538. The zero-order chi connectivity index (χ0) is 25.1. The fourth-order valence-corrected chi connectivity index (χ4v) is 5.27. The van der Waals surface area contributed by atoms with Crippen molar-refractivity contribution in [1.29, 1.82) is 0 Å². The topological polar surface area (TPSA) is 81.8 Å². The number of methoxy groups -OCH3 is 2. The summed E-state index contributed by atoms with van der Waals surface area (Å²) in [5.41, 5.74) is 4.41. The van der Waals surface area contributed by atoms with Crippen LogP contribution in [0.15, 0.2) is 24.4 Å². The molecular weight excluding hydrogens is 478 g/mol. The normalized spacial score (nSPS) is 18.2. The summed E-state index contributed by atoms with van der Waals surface area (Å²) in [5, 5.41) is 4.24. The van der Waals surface area contributed by atoms with E-state index in [1.807, 2.05) is 0 Å². The van der Waals surface area contributed by atoms with Crippen molar-refractivity contribution in [3.05, 3.63) is 29.4 Å². The number of nitrogens with one attached hydrogen (secondary N) is 2. The molecule has 0 saturated carbocycles. The highest BCUT2D eigenvalue weighted by Crippen LogP contribution is 2.36. The molecule has 4 heterocycles. The molecule has 194 valence electrons. The largest absolute Gasteiger partial charge is 0.495 e. The van der Waals surface area contributed by atoms with E-state index in [9.17, 15) is 0 Å². The molecule has 2 saturated heterocycles. The van der Waals surface area contributed by atoms with Gasteiger partial charge < -0.3 is 29.6 Å². The van der Waals surface area contributed by atoms with Crippen LogP contribution in [0, 0.1) is 0 Å². The molecule has 2 aromatic heterocycles. The van der Waals surface area contributed by atoms with E-state index in [4.69, 9.17) is 26.1 Å². The minimum absolute atomic E-state index is 0.374. The van der Waals surface area contributed by atoms with Gasteiger partial charge in [-0.2, -0.15) is 0 Å². The maximum Gasteiger partial charge on any atom is 0.159 e. The average molecular weight is 514 g/mol. The standard InChI is InChI=1S/C26H36ClN7O2/c1-32-8-6-19(7-9-32)29-23-20(27)17-28-26-24(23)30-25(31-26)18-4-5-21(22(16-18)36-3)34-12-10-33(11-13-34)14-15-35-2/h4-5,16-17,19H,6-15H2,1-3H3,(H2,28,29,30,31). The number of fused-ring (bicyclic) bond motifs is 1. The number of halogens is 1. The Kier molecular flexibility index (Phi) is 7.81. The van der Waals surface area contributed by atoms with Crippen molar-refractivity contribution in [2.75, 3.05) is 83.9 Å². The van der Waals surface area contributed by atoms with E-state index < -0.39 is 0 Å². The summed E-state index contributed by atoms with van der Waals surface area (Å²) in [5.74, 6) is 1.59. The Bertz CT molecular complexity index is 1170. The van der Waals surface area contributed by atoms with Gasteiger partial charge in [-0.15, -0.1) is 0 Å². The summed E-state index contributed by atoms with van der Waals surface area (Å²) in [6, 6.07) is 6.65. The molecule has 2 aliphatic rings. The first-order chi connectivity index (χ1) is 17.6. The molecule has 0 amide bonds. The number of ether oxygens (including phenoxy) is 2. The minimum Gasteiger partial charge on any atom is -0.495 e. The molecule has 0 atom stereocenters. The van der Waals surface area contributed by atoms with Gasteiger partial charge in [0.15, 0.2) is 5.65 Å². The molecule has 10 heteroatoms. The molecule has 0 radical (unpaired) electrons. The predicted molar refractivity (Wildman–Crippen MR) is 146 cm³/mol. The van der Waals surface area contributed by atoms with Crippen molar-refractivity contribution in [3.63, 3.8) is 0 Å². The van der Waals surface area contributed by atoms with Gasteiger partial charge in [-0.05, 0) is 51.2 Å². The van der Waals surface area contributed by atoms with Crippen molar-refractivity contribution in [3.8, 4) is 17.1 Å². The molecule has 0 spiro atoms. The molecule has 36 heavy (non-hydrogen) atoms. The highest BCUT2D eigenvalue weighted by molar-refractivity contribution is 6.34. The number of hydrogen-bond acceptors (Lipinski definition) is 8. The first-order valence-corrected chi connectivity index (χ1v) is 13.1. The number of rotatable bonds is 8. The van der Waals surface area contributed by atoms with E-state index in [0.29, 0.717) is 11.1 Å². The lowest BCUT2D eigenvalue weighted by atomic mass is 10.1. The number of hydrogen-bond donors (Lipinski definition) is 2. The molecular formula is C26H36ClN7O2. The Balaban J connectivity index is 1.36. The van der Waals surface area contributed by atoms with Crippen molar-refractivity contribution in [2.24, 2.45) is 0 Å². The van der Waals surface area contributed by atoms with Crippen molar-refractivity contribution in [1.82, 2.24) is 24.8 Å². The molecule has 1 aromatic carbocycles. The van der Waals surface area contributed by atoms with Crippen molar-refractivity contribution < 1.29 is 9.47 Å². The van der Waals surface area contributed by atoms with Crippen LogP contribution in [0.25, 0.3) is 22.6 Å². The van der Waals surface area contributed by atoms with Gasteiger partial charge >= 0.3 is 0 Å². The van der Waals surface area contributed by atoms with Gasteiger partial charge in [0.05, 0.1) is 36.3 Å². The smallest absolute Gasteiger partial charge is 0.159 e. The van der Waals surface area contributed by atoms with Crippen LogP contribution >= 0.6 is 11.6 Å². The van der Waals surface area contributed by atoms with Crippen LogP contribution in [-0.2, 0) is 4.74 Å². The molecule has 5 rings (SSSR count). The third kappa shape index (κ3) is 5.39. The Morgan fingerprint density at radius 3 is 2.61 bits per heavy atom. The number of piperazine rings is 1. The second-order valence-electron chi connectivity index (χ2n) is 9.69. The van der Waals surface area contributed by atoms with Gasteiger partial charge in [0.25, 0.3) is 0 Å². The minimum atomic E-state index is 0.374. The number of anilines is 2. The van der Waals surface area contributed by atoms with E-state index in [1.165, 1.54) is 0 Å². The van der Waals surface area contributed by atoms with Gasteiger partial charge in [-0.1, -0.05) is 11.6 Å². The van der Waals surface area contributed by atoms with Crippen LogP contribution in [-0.4, -0.2) is 104 Å². The van der Waals surface area contributed by atoms with Gasteiger partial charge in [-0.3, -0.25) is 4.90 Å². The maximum atomic E-state index is 6.57. The molecule has 3 aromatic rings. The van der Waals surface area contributed by atoms with Gasteiger partial charge in [0.2, 0.25) is 0 Å². The number of imidazole rings is 1. The highest BCUT2D eigenvalue weighted by atomic mass is 35.5. The van der Waals surface area contributed by atoms with Crippen molar-refractivity contribution in [2.45, 2.75) is 18.9 Å². The van der Waals surface area contributed by atoms with Gasteiger partial charge in [0, 0.05) is 51.4 Å². The summed E-state index contributed by atoms with van der Waals surface area (Å²) in [7, 11) is 5.64. The molecule has 2 fully saturated rings. The number of nitrogens with zero attached hydrogens (tertiary/aromatic N) is 5. The lowest BCUT2D eigenvalue weighted by Crippen LogP contribution is -2.47. The summed E-state index contributed by atoms with van der Waals surface area (Å²) in [4.78, 5) is 20.0. The molecule has 2 aliphatic heterocycles. The lowest BCUT2D eigenvalue weighted by Gasteiger charge is -2.36. The van der Waals surface area contributed by atoms with Gasteiger partial charge in [0.1, 0.15) is 17.1 Å². The third-order valence-electron chi connectivity index (χ3n) is 7.31. The zero-order valence-electron chi connectivity index (χ0n) is 21.4. The highest BCUT2D eigenvalue weighted by Gasteiger charge is 2.22. The number of aromatic nitrogens is 3. The molecule has 2 N–H and O–H groups in total. The van der Waals surface area contributed by atoms with Crippen LogP contribution in [0.5, 0.6) is 5.75 Å². The predicted octanol–water partition coefficient (Wildman–Crippen LogP) is 3.56. The summed E-state index contributed by atoms with van der Waals surface area (Å²) >= 11 is 6.57. The van der Waals surface area contributed by atoms with Crippen LogP contribution < -0.4 is 15.0 Å². The Morgan fingerprint density at radius 1 is 1.11 bits per heavy atom. The Labute approximate surface area is 217 Å². The summed E-state index contributed by atoms with van der Waals surface area (Å²) in [6.07, 6.45) is 3.85. The zero-order valence-corrected chi connectivity index (χ0v) is 22.1. The Hall–Kier alpha value is -2.59. The Morgan fingerprint density at radius 2 is 1.89 bits per heavy atom. The second kappa shape index (κ2) is 11.2. The third-order valence-corrected chi connectivity index (χ3v) is 7.60. The molecule has 0 bridgehead atoms. The average Bonchev–Trinajstić information content (AvgIpc) is 3.35. The second-order valence-corrected chi connectivity index (χ2v) is 10.1. The fourth-order valence-electron chi connectivity index (χ4n) is 5.08. The number of aromatic amines is 1. The van der Waals surface area contributed by atoms with Crippen LogP contribution in [0.3, 0.4) is 0 Å². The lowest BCUT2D eigenvalue weighted by molar-refractivity contribution is 0.144. The monoisotopic (exact) mass is 513 g/mol. The quantitative estimate of drug-likeness (QED) is 0.473. The van der Waals surface area contributed by atoms with E-state index >= 15 is 0 Å². The van der Waals surface area contributed by atoms with E-state index in [-0.39, 0.29) is 0 Å². The number of benzene rings is 1. The van der Waals surface area contributed by atoms with E-state index in [2.05, 4.69) is 55.2 Å². The number of H-pyrrole nitrogens is 1. The number of piperidine rings is 1. The molecule has 9 nitrogen and oxygen atoms in total. The van der Waals surface area contributed by atoms with E-state index in [1.54, 1.807) is 20.4 Å². The first-order valence-electron chi connectivity index (χ1n) is 12.7. The van der Waals surface area contributed by atoms with Crippen LogP contribution in [0.2, 0.25) is 5.02 Å².